The second kappa shape index (κ2) is 9.82. The number of nitrogens with two attached hydrogens (primary N) is 1. The molecule has 3 heteroatoms. The minimum atomic E-state index is 0.602. The zero-order valence-corrected chi connectivity index (χ0v) is 14.3. The Hall–Kier alpha value is -1.03. The average Bonchev–Trinajstić information content (AvgIpc) is 2.46. The smallest absolute Gasteiger partial charge is 0.0297 e. The topological polar surface area (TPSA) is 29.3 Å². The Morgan fingerprint density at radius 3 is 2.67 bits per heavy atom. The van der Waals surface area contributed by atoms with Gasteiger partial charge in [0.2, 0.25) is 0 Å². The van der Waals surface area contributed by atoms with E-state index in [1.54, 1.807) is 11.8 Å². The van der Waals surface area contributed by atoms with Crippen molar-refractivity contribution >= 4 is 11.8 Å². The van der Waals surface area contributed by atoms with Gasteiger partial charge in [-0.3, -0.25) is 4.90 Å². The van der Waals surface area contributed by atoms with Gasteiger partial charge in [0.25, 0.3) is 0 Å². The van der Waals surface area contributed by atoms with Crippen molar-refractivity contribution in [3.05, 3.63) is 58.4 Å². The fourth-order valence-corrected chi connectivity index (χ4v) is 2.95. The van der Waals surface area contributed by atoms with E-state index >= 15 is 0 Å². The van der Waals surface area contributed by atoms with Crippen LogP contribution in [0.25, 0.3) is 0 Å². The summed E-state index contributed by atoms with van der Waals surface area (Å²) in [4.78, 5) is 3.84. The van der Waals surface area contributed by atoms with Crippen LogP contribution >= 0.6 is 11.8 Å². The maximum atomic E-state index is 5.73. The maximum Gasteiger partial charge on any atom is 0.0297 e. The molecule has 2 N–H and O–H groups in total. The van der Waals surface area contributed by atoms with E-state index in [9.17, 15) is 0 Å². The van der Waals surface area contributed by atoms with E-state index in [1.807, 2.05) is 5.41 Å². The Labute approximate surface area is 134 Å². The maximum absolute atomic E-state index is 5.73. The van der Waals surface area contributed by atoms with Crippen molar-refractivity contribution in [1.82, 2.24) is 4.90 Å². The number of nitrogens with zero attached hydrogens (tertiary/aromatic N) is 1. The Balaban J connectivity index is 2.79. The third-order valence-corrected chi connectivity index (χ3v) is 4.03. The standard InChI is InChI=1S/C18H28N2S/c1-5-18(21-6-2)14-20(12-15(3)4)13-17-9-7-8-16(10-17)11-19/h5-10,15H,2,11-14,19H2,1,3-4H3/b18-5-. The van der Waals surface area contributed by atoms with E-state index in [4.69, 9.17) is 5.73 Å². The Morgan fingerprint density at radius 2 is 2.10 bits per heavy atom. The summed E-state index contributed by atoms with van der Waals surface area (Å²) in [5, 5.41) is 1.90. The molecule has 0 unspecified atom stereocenters. The lowest BCUT2D eigenvalue weighted by molar-refractivity contribution is 0.259. The lowest BCUT2D eigenvalue weighted by Gasteiger charge is -2.25. The molecular weight excluding hydrogens is 276 g/mol. The van der Waals surface area contributed by atoms with E-state index in [0.717, 1.165) is 19.6 Å². The number of thioether (sulfide) groups is 1. The number of allylic oxidation sites excluding steroid dienone is 1. The van der Waals surface area contributed by atoms with Crippen LogP contribution in [0.15, 0.2) is 47.2 Å². The van der Waals surface area contributed by atoms with Gasteiger partial charge in [-0.25, -0.2) is 0 Å². The molecule has 0 aliphatic heterocycles. The predicted octanol–water partition coefficient (Wildman–Crippen LogP) is 4.38. The molecule has 116 valence electrons. The highest BCUT2D eigenvalue weighted by Crippen LogP contribution is 2.19. The van der Waals surface area contributed by atoms with E-state index in [-0.39, 0.29) is 0 Å². The summed E-state index contributed by atoms with van der Waals surface area (Å²) >= 11 is 1.71. The molecule has 0 saturated heterocycles. The van der Waals surface area contributed by atoms with Gasteiger partial charge in [-0.15, -0.1) is 11.8 Å². The quantitative estimate of drug-likeness (QED) is 0.734. The van der Waals surface area contributed by atoms with Gasteiger partial charge in [-0.05, 0) is 34.3 Å². The molecule has 0 spiro atoms. The lowest BCUT2D eigenvalue weighted by Crippen LogP contribution is -2.29. The molecule has 0 saturated carbocycles. The first-order valence-corrected chi connectivity index (χ1v) is 8.40. The van der Waals surface area contributed by atoms with Crippen LogP contribution in [-0.2, 0) is 13.1 Å². The van der Waals surface area contributed by atoms with Crippen LogP contribution in [0.4, 0.5) is 0 Å². The van der Waals surface area contributed by atoms with Crippen LogP contribution in [0, 0.1) is 5.92 Å². The second-order valence-electron chi connectivity index (χ2n) is 5.63. The van der Waals surface area contributed by atoms with Gasteiger partial charge in [0.1, 0.15) is 0 Å². The molecule has 2 nitrogen and oxygen atoms in total. The van der Waals surface area contributed by atoms with E-state index in [0.29, 0.717) is 12.5 Å². The molecule has 1 rings (SSSR count). The highest BCUT2D eigenvalue weighted by Gasteiger charge is 2.10. The Morgan fingerprint density at radius 1 is 1.38 bits per heavy atom. The van der Waals surface area contributed by atoms with Crippen LogP contribution in [0.3, 0.4) is 0 Å². The summed E-state index contributed by atoms with van der Waals surface area (Å²) < 4.78 is 0. The van der Waals surface area contributed by atoms with Gasteiger partial charge in [0, 0.05) is 26.2 Å². The highest BCUT2D eigenvalue weighted by atomic mass is 32.2. The van der Waals surface area contributed by atoms with Crippen molar-refractivity contribution < 1.29 is 0 Å². The summed E-state index contributed by atoms with van der Waals surface area (Å²) in [5.41, 5.74) is 8.26. The van der Waals surface area contributed by atoms with E-state index in [1.165, 1.54) is 16.0 Å². The minimum absolute atomic E-state index is 0.602. The third kappa shape index (κ3) is 6.98. The summed E-state index contributed by atoms with van der Waals surface area (Å²) in [5.74, 6) is 0.648. The molecule has 0 atom stereocenters. The normalized spacial score (nSPS) is 12.2. The molecule has 0 bridgehead atoms. The molecule has 0 amide bonds. The van der Waals surface area contributed by atoms with Gasteiger partial charge in [-0.2, -0.15) is 0 Å². The molecule has 0 aliphatic rings. The van der Waals surface area contributed by atoms with Crippen LogP contribution < -0.4 is 5.73 Å². The largest absolute Gasteiger partial charge is 0.326 e. The molecular formula is C18H28N2S. The summed E-state index contributed by atoms with van der Waals surface area (Å²) in [6.07, 6.45) is 2.18. The fourth-order valence-electron chi connectivity index (χ4n) is 2.34. The lowest BCUT2D eigenvalue weighted by atomic mass is 10.1. The van der Waals surface area contributed by atoms with E-state index < -0.39 is 0 Å². The van der Waals surface area contributed by atoms with Crippen molar-refractivity contribution in [1.29, 1.82) is 0 Å². The zero-order valence-electron chi connectivity index (χ0n) is 13.5. The second-order valence-corrected chi connectivity index (χ2v) is 6.72. The Bertz CT molecular complexity index is 466. The monoisotopic (exact) mass is 304 g/mol. The molecule has 0 aromatic heterocycles. The first-order chi connectivity index (χ1) is 10.1. The van der Waals surface area contributed by atoms with Gasteiger partial charge in [0.05, 0.1) is 0 Å². The predicted molar refractivity (Wildman–Crippen MR) is 96.0 cm³/mol. The van der Waals surface area contributed by atoms with Crippen LogP contribution in [0.2, 0.25) is 0 Å². The molecule has 0 radical (unpaired) electrons. The molecule has 1 aromatic carbocycles. The summed E-state index contributed by atoms with van der Waals surface area (Å²) in [7, 11) is 0. The number of hydrogen-bond acceptors (Lipinski definition) is 3. The molecule has 21 heavy (non-hydrogen) atoms. The SMILES string of the molecule is C=CS/C(=C\C)CN(Cc1cccc(CN)c1)CC(C)C. The van der Waals surface area contributed by atoms with Crippen LogP contribution in [-0.4, -0.2) is 18.0 Å². The fraction of sp³-hybridized carbons (Fsp3) is 0.444. The first-order valence-electron chi connectivity index (χ1n) is 7.52. The summed E-state index contributed by atoms with van der Waals surface area (Å²) in [6, 6.07) is 8.58. The molecule has 0 aliphatic carbocycles. The average molecular weight is 305 g/mol. The van der Waals surface area contributed by atoms with Gasteiger partial charge in [-0.1, -0.05) is 50.8 Å². The van der Waals surface area contributed by atoms with E-state index in [2.05, 4.69) is 62.6 Å². The van der Waals surface area contributed by atoms with Crippen molar-refractivity contribution in [3.8, 4) is 0 Å². The van der Waals surface area contributed by atoms with Crippen molar-refractivity contribution in [2.45, 2.75) is 33.9 Å². The molecule has 0 heterocycles. The minimum Gasteiger partial charge on any atom is -0.326 e. The highest BCUT2D eigenvalue weighted by molar-refractivity contribution is 8.05. The van der Waals surface area contributed by atoms with Gasteiger partial charge in [0.15, 0.2) is 0 Å². The van der Waals surface area contributed by atoms with Crippen LogP contribution in [0.1, 0.15) is 31.9 Å². The van der Waals surface area contributed by atoms with Crippen molar-refractivity contribution in [3.63, 3.8) is 0 Å². The van der Waals surface area contributed by atoms with Crippen molar-refractivity contribution in [2.75, 3.05) is 13.1 Å². The number of hydrogen-bond donors (Lipinski definition) is 1. The Kier molecular flexibility index (Phi) is 8.43. The van der Waals surface area contributed by atoms with Gasteiger partial charge < -0.3 is 5.73 Å². The van der Waals surface area contributed by atoms with Crippen molar-refractivity contribution in [2.24, 2.45) is 11.7 Å². The third-order valence-electron chi connectivity index (χ3n) is 3.19. The molecule has 1 aromatic rings. The summed E-state index contributed by atoms with van der Waals surface area (Å²) in [6.45, 7) is 14.0. The van der Waals surface area contributed by atoms with Gasteiger partial charge >= 0.3 is 0 Å². The van der Waals surface area contributed by atoms with Crippen LogP contribution in [0.5, 0.6) is 0 Å². The molecule has 0 fully saturated rings. The number of rotatable bonds is 9. The number of benzene rings is 1. The first kappa shape index (κ1) is 18.0. The zero-order chi connectivity index (χ0) is 15.7.